The number of rotatable bonds is 8. The largest absolute Gasteiger partial charge is 0.496 e. The molecule has 1 aliphatic rings. The average molecular weight is 589 g/mol. The van der Waals surface area contributed by atoms with Crippen LogP contribution in [-0.4, -0.2) is 63.2 Å². The number of halogens is 1. The monoisotopic (exact) mass is 588 g/mol. The van der Waals surface area contributed by atoms with Gasteiger partial charge in [-0.1, -0.05) is 6.07 Å². The third-order valence-electron chi connectivity index (χ3n) is 7.43. The first kappa shape index (κ1) is 30.1. The van der Waals surface area contributed by atoms with Gasteiger partial charge < -0.3 is 10.1 Å². The molecule has 4 aromatic rings. The molecular formula is C32H37FN6O4. The van der Waals surface area contributed by atoms with Gasteiger partial charge in [-0.2, -0.15) is 5.10 Å². The van der Waals surface area contributed by atoms with Gasteiger partial charge in [0.15, 0.2) is 0 Å². The lowest BCUT2D eigenvalue weighted by Crippen LogP contribution is -2.56. The average Bonchev–Trinajstić information content (AvgIpc) is 3.40. The molecule has 0 unspecified atom stereocenters. The van der Waals surface area contributed by atoms with Crippen molar-refractivity contribution >= 4 is 22.7 Å². The first-order valence-corrected chi connectivity index (χ1v) is 14.3. The molecule has 5 rings (SSSR count). The number of hydroxylamine groups is 1. The lowest BCUT2D eigenvalue weighted by molar-refractivity contribution is -0.152. The van der Waals surface area contributed by atoms with Gasteiger partial charge in [0.2, 0.25) is 0 Å². The fraction of sp³-hybridized carbons (Fsp3) is 0.375. The van der Waals surface area contributed by atoms with Crippen LogP contribution < -0.4 is 15.5 Å². The van der Waals surface area contributed by atoms with Crippen molar-refractivity contribution in [2.45, 2.75) is 64.8 Å². The topological polar surface area (TPSA) is 121 Å². The number of nitrogens with zero attached hydrogens (tertiary/aromatic N) is 3. The summed E-state index contributed by atoms with van der Waals surface area (Å²) >= 11 is 0. The van der Waals surface area contributed by atoms with Crippen molar-refractivity contribution in [3.63, 3.8) is 0 Å². The van der Waals surface area contributed by atoms with E-state index in [1.54, 1.807) is 24.4 Å². The summed E-state index contributed by atoms with van der Waals surface area (Å²) in [5.41, 5.74) is 6.15. The van der Waals surface area contributed by atoms with E-state index in [1.165, 1.54) is 13.2 Å². The number of hydrogen-bond donors (Lipinski definition) is 3. The van der Waals surface area contributed by atoms with E-state index in [4.69, 9.17) is 9.57 Å². The summed E-state index contributed by atoms with van der Waals surface area (Å²) in [6.07, 6.45) is 2.73. The Kier molecular flexibility index (Phi) is 8.74. The summed E-state index contributed by atoms with van der Waals surface area (Å²) in [7, 11) is 1.48. The lowest BCUT2D eigenvalue weighted by atomic mass is 9.96. The van der Waals surface area contributed by atoms with Crippen LogP contribution in [0.4, 0.5) is 4.39 Å². The molecule has 11 heteroatoms. The Morgan fingerprint density at radius 1 is 1.14 bits per heavy atom. The molecule has 1 saturated heterocycles. The minimum absolute atomic E-state index is 0.117. The van der Waals surface area contributed by atoms with Crippen LogP contribution in [0.5, 0.6) is 5.75 Å². The van der Waals surface area contributed by atoms with Crippen LogP contribution in [-0.2, 0) is 16.2 Å². The second-order valence-corrected chi connectivity index (χ2v) is 11.8. The molecule has 2 aromatic carbocycles. The first-order chi connectivity index (χ1) is 20.5. The molecule has 2 aromatic heterocycles. The first-order valence-electron chi connectivity index (χ1n) is 14.3. The molecule has 0 aliphatic carbocycles. The number of aromatic amines is 1. The molecule has 43 heavy (non-hydrogen) atoms. The minimum Gasteiger partial charge on any atom is -0.496 e. The van der Waals surface area contributed by atoms with E-state index in [1.807, 2.05) is 56.9 Å². The maximum absolute atomic E-state index is 14.9. The Labute approximate surface area is 249 Å². The number of H-pyrrole nitrogens is 1. The van der Waals surface area contributed by atoms with Gasteiger partial charge in [0.05, 0.1) is 24.3 Å². The molecule has 2 amide bonds. The van der Waals surface area contributed by atoms with E-state index >= 15 is 0 Å². The van der Waals surface area contributed by atoms with Gasteiger partial charge in [-0.05, 0) is 83.0 Å². The SMILES string of the molecule is COc1cccc(F)c1CN1C[C@H](NC(=O)c2ccc3[nH]nc(-c4ccnc(C)c4)c3c2)CC[C@H]1C(=O)NOC(C)(C)C. The van der Waals surface area contributed by atoms with Crippen molar-refractivity contribution in [3.8, 4) is 17.0 Å². The Morgan fingerprint density at radius 3 is 2.70 bits per heavy atom. The van der Waals surface area contributed by atoms with Gasteiger partial charge in [0.25, 0.3) is 11.8 Å². The zero-order chi connectivity index (χ0) is 30.7. The van der Waals surface area contributed by atoms with Crippen LogP contribution >= 0.6 is 0 Å². The Morgan fingerprint density at radius 2 is 1.95 bits per heavy atom. The quantitative estimate of drug-likeness (QED) is 0.255. The molecule has 2 atom stereocenters. The molecule has 0 bridgehead atoms. The van der Waals surface area contributed by atoms with Crippen LogP contribution in [0.3, 0.4) is 0 Å². The smallest absolute Gasteiger partial charge is 0.260 e. The Hall–Kier alpha value is -4.35. The summed E-state index contributed by atoms with van der Waals surface area (Å²) in [6, 6.07) is 13.0. The van der Waals surface area contributed by atoms with Gasteiger partial charge in [-0.3, -0.25) is 29.4 Å². The van der Waals surface area contributed by atoms with E-state index in [2.05, 4.69) is 26.0 Å². The fourth-order valence-corrected chi connectivity index (χ4v) is 5.33. The number of likely N-dealkylation sites (tertiary alicyclic amines) is 1. The van der Waals surface area contributed by atoms with Crippen molar-refractivity contribution < 1.29 is 23.6 Å². The number of methoxy groups -OCH3 is 1. The number of amides is 2. The molecule has 1 aliphatic heterocycles. The van der Waals surface area contributed by atoms with E-state index in [9.17, 15) is 14.0 Å². The molecule has 0 radical (unpaired) electrons. The zero-order valence-electron chi connectivity index (χ0n) is 25.0. The van der Waals surface area contributed by atoms with Crippen molar-refractivity contribution in [1.82, 2.24) is 30.9 Å². The van der Waals surface area contributed by atoms with Crippen molar-refractivity contribution in [3.05, 3.63) is 77.4 Å². The molecule has 0 spiro atoms. The summed E-state index contributed by atoms with van der Waals surface area (Å²) in [4.78, 5) is 38.3. The molecule has 1 fully saturated rings. The molecule has 0 saturated carbocycles. The number of piperidine rings is 1. The summed E-state index contributed by atoms with van der Waals surface area (Å²) in [5, 5.41) is 11.5. The lowest BCUT2D eigenvalue weighted by Gasteiger charge is -2.39. The molecule has 3 heterocycles. The van der Waals surface area contributed by atoms with Gasteiger partial charge in [0, 0.05) is 53.1 Å². The highest BCUT2D eigenvalue weighted by Crippen LogP contribution is 2.29. The van der Waals surface area contributed by atoms with Crippen LogP contribution in [0.15, 0.2) is 54.7 Å². The number of carbonyl (C=O) groups is 2. The summed E-state index contributed by atoms with van der Waals surface area (Å²) in [5.74, 6) is -0.597. The van der Waals surface area contributed by atoms with Crippen LogP contribution in [0.1, 0.15) is 55.2 Å². The number of nitrogens with one attached hydrogen (secondary N) is 3. The van der Waals surface area contributed by atoms with E-state index in [0.29, 0.717) is 36.3 Å². The van der Waals surface area contributed by atoms with Gasteiger partial charge in [-0.15, -0.1) is 0 Å². The number of hydrogen-bond acceptors (Lipinski definition) is 7. The maximum atomic E-state index is 14.9. The van der Waals surface area contributed by atoms with Crippen LogP contribution in [0.25, 0.3) is 22.2 Å². The zero-order valence-corrected chi connectivity index (χ0v) is 25.0. The Balaban J connectivity index is 1.36. The molecular weight excluding hydrogens is 551 g/mol. The number of carbonyl (C=O) groups excluding carboxylic acids is 2. The number of benzene rings is 2. The standard InChI is InChI=1S/C32H37FN6O4/c1-19-15-20(13-14-34-19)29-23-16-21(9-11-26(23)36-37-29)30(40)35-22-10-12-27(31(41)38-43-32(2,3)4)39(17-22)18-24-25(33)7-6-8-28(24)42-5/h6-9,11,13-16,22,27H,10,12,17-18H2,1-5H3,(H,35,40)(H,36,37)(H,38,41)/t22-,27+/m1/s1. The normalized spacial score (nSPS) is 17.5. The third kappa shape index (κ3) is 7.00. The molecule has 226 valence electrons. The predicted octanol–water partition coefficient (Wildman–Crippen LogP) is 4.69. The van der Waals surface area contributed by atoms with E-state index in [0.717, 1.165) is 27.9 Å². The second kappa shape index (κ2) is 12.5. The third-order valence-corrected chi connectivity index (χ3v) is 7.43. The minimum atomic E-state index is -0.589. The number of fused-ring (bicyclic) bond motifs is 1. The number of aromatic nitrogens is 3. The van der Waals surface area contributed by atoms with Gasteiger partial charge >= 0.3 is 0 Å². The maximum Gasteiger partial charge on any atom is 0.260 e. The Bertz CT molecular complexity index is 1630. The molecule has 3 N–H and O–H groups in total. The van der Waals surface area contributed by atoms with Gasteiger partial charge in [-0.25, -0.2) is 9.87 Å². The van der Waals surface area contributed by atoms with Crippen molar-refractivity contribution in [1.29, 1.82) is 0 Å². The number of aryl methyl sites for hydroxylation is 1. The number of ether oxygens (including phenoxy) is 1. The fourth-order valence-electron chi connectivity index (χ4n) is 5.33. The van der Waals surface area contributed by atoms with E-state index in [-0.39, 0.29) is 24.4 Å². The van der Waals surface area contributed by atoms with Crippen molar-refractivity contribution in [2.75, 3.05) is 13.7 Å². The van der Waals surface area contributed by atoms with Crippen LogP contribution in [0.2, 0.25) is 0 Å². The highest BCUT2D eigenvalue weighted by molar-refractivity contribution is 6.01. The summed E-state index contributed by atoms with van der Waals surface area (Å²) in [6.45, 7) is 7.87. The second-order valence-electron chi connectivity index (χ2n) is 11.8. The van der Waals surface area contributed by atoms with Gasteiger partial charge in [0.1, 0.15) is 17.3 Å². The predicted molar refractivity (Wildman–Crippen MR) is 161 cm³/mol. The summed E-state index contributed by atoms with van der Waals surface area (Å²) < 4.78 is 20.3. The van der Waals surface area contributed by atoms with Crippen LogP contribution in [0, 0.1) is 12.7 Å². The number of pyridine rings is 1. The highest BCUT2D eigenvalue weighted by atomic mass is 19.1. The molecule has 10 nitrogen and oxygen atoms in total. The van der Waals surface area contributed by atoms with E-state index < -0.39 is 17.5 Å². The van der Waals surface area contributed by atoms with Crippen molar-refractivity contribution in [2.24, 2.45) is 0 Å². The highest BCUT2D eigenvalue weighted by Gasteiger charge is 2.35.